The number of rotatable bonds is 3. The van der Waals surface area contributed by atoms with E-state index >= 15 is 0 Å². The first-order valence-corrected chi connectivity index (χ1v) is 5.14. The minimum Gasteiger partial charge on any atom is -0.457 e. The number of alkyl halides is 1. The molecule has 1 atom stereocenters. The summed E-state index contributed by atoms with van der Waals surface area (Å²) in [6.45, 7) is 1.42. The Hall–Kier alpha value is -0.830. The van der Waals surface area contributed by atoms with Crippen molar-refractivity contribution in [2.45, 2.75) is 13.0 Å². The van der Waals surface area contributed by atoms with Gasteiger partial charge >= 0.3 is 5.97 Å². The number of carbonyl (C=O) groups is 1. The Morgan fingerprint density at radius 2 is 2.08 bits per heavy atom. The van der Waals surface area contributed by atoms with Crippen LogP contribution in [0.1, 0.15) is 18.6 Å². The lowest BCUT2D eigenvalue weighted by atomic mass is 10.1. The molecule has 2 nitrogen and oxygen atoms in total. The fourth-order valence-electron chi connectivity index (χ4n) is 1.06. The molecule has 0 spiro atoms. The van der Waals surface area contributed by atoms with Crippen molar-refractivity contribution in [3.63, 3.8) is 0 Å². The van der Waals surface area contributed by atoms with Crippen LogP contribution >= 0.6 is 15.9 Å². The highest BCUT2D eigenvalue weighted by Crippen LogP contribution is 2.19. The lowest BCUT2D eigenvalue weighted by Crippen LogP contribution is -2.09. The Bertz CT molecular complexity index is 272. The molecule has 0 heterocycles. The fourth-order valence-corrected chi connectivity index (χ4v) is 1.56. The Balaban J connectivity index is 2.73. The summed E-state index contributed by atoms with van der Waals surface area (Å²) in [4.78, 5) is 10.7. The molecular weight excluding hydrogens is 232 g/mol. The van der Waals surface area contributed by atoms with Gasteiger partial charge in [-0.15, -0.1) is 0 Å². The van der Waals surface area contributed by atoms with Crippen molar-refractivity contribution in [1.29, 1.82) is 0 Å². The number of benzene rings is 1. The average Bonchev–Trinajstić information content (AvgIpc) is 2.15. The summed E-state index contributed by atoms with van der Waals surface area (Å²) in [6, 6.07) is 9.66. The third kappa shape index (κ3) is 3.19. The number of carbonyl (C=O) groups excluding carboxylic acids is 1. The number of hydrogen-bond acceptors (Lipinski definition) is 2. The molecule has 0 aromatic heterocycles. The van der Waals surface area contributed by atoms with Crippen LogP contribution in [0.15, 0.2) is 30.3 Å². The van der Waals surface area contributed by atoms with Gasteiger partial charge in [-0.3, -0.25) is 4.79 Å². The van der Waals surface area contributed by atoms with E-state index in [1.54, 1.807) is 0 Å². The molecule has 0 unspecified atom stereocenters. The minimum atomic E-state index is -0.256. The molecule has 0 aliphatic carbocycles. The van der Waals surface area contributed by atoms with Gasteiger partial charge in [0.15, 0.2) is 0 Å². The highest BCUT2D eigenvalue weighted by molar-refractivity contribution is 9.09. The number of esters is 1. The van der Waals surface area contributed by atoms with Gasteiger partial charge in [0.25, 0.3) is 0 Å². The number of hydrogen-bond donors (Lipinski definition) is 0. The fraction of sp³-hybridized carbons (Fsp3) is 0.300. The SMILES string of the molecule is CC(=O)O[C@@H](CBr)c1ccccc1. The van der Waals surface area contributed by atoms with E-state index in [1.165, 1.54) is 6.92 Å². The summed E-state index contributed by atoms with van der Waals surface area (Å²) in [6.07, 6.45) is -0.182. The molecule has 1 rings (SSSR count). The Labute approximate surface area is 86.0 Å². The largest absolute Gasteiger partial charge is 0.457 e. The second-order valence-electron chi connectivity index (χ2n) is 2.66. The molecule has 0 saturated heterocycles. The van der Waals surface area contributed by atoms with Crippen molar-refractivity contribution >= 4 is 21.9 Å². The lowest BCUT2D eigenvalue weighted by Gasteiger charge is -2.13. The summed E-state index contributed by atoms with van der Waals surface area (Å²) in [5.41, 5.74) is 1.01. The standard InChI is InChI=1S/C10H11BrO2/c1-8(12)13-10(7-11)9-5-3-2-4-6-9/h2-6,10H,7H2,1H3/t10-/m0/s1. The first-order chi connectivity index (χ1) is 6.24. The second-order valence-corrected chi connectivity index (χ2v) is 3.31. The van der Waals surface area contributed by atoms with Crippen LogP contribution in [0.25, 0.3) is 0 Å². The zero-order chi connectivity index (χ0) is 9.68. The van der Waals surface area contributed by atoms with Gasteiger partial charge in [-0.2, -0.15) is 0 Å². The highest BCUT2D eigenvalue weighted by atomic mass is 79.9. The molecular formula is C10H11BrO2. The molecule has 1 aromatic rings. The van der Waals surface area contributed by atoms with Crippen LogP contribution in [0.4, 0.5) is 0 Å². The van der Waals surface area contributed by atoms with Crippen molar-refractivity contribution in [2.24, 2.45) is 0 Å². The van der Waals surface area contributed by atoms with Crippen molar-refractivity contribution in [3.8, 4) is 0 Å². The predicted octanol–water partition coefficient (Wildman–Crippen LogP) is 2.69. The molecule has 13 heavy (non-hydrogen) atoms. The van der Waals surface area contributed by atoms with Gasteiger partial charge < -0.3 is 4.74 Å². The Kier molecular flexibility index (Phi) is 3.96. The maximum atomic E-state index is 10.7. The normalized spacial score (nSPS) is 12.2. The summed E-state index contributed by atoms with van der Waals surface area (Å²) in [5.74, 6) is -0.256. The number of halogens is 1. The van der Waals surface area contributed by atoms with Crippen LogP contribution in [-0.4, -0.2) is 11.3 Å². The van der Waals surface area contributed by atoms with Crippen LogP contribution in [0.2, 0.25) is 0 Å². The monoisotopic (exact) mass is 242 g/mol. The molecule has 0 saturated carbocycles. The maximum Gasteiger partial charge on any atom is 0.303 e. The smallest absolute Gasteiger partial charge is 0.303 e. The summed E-state index contributed by atoms with van der Waals surface area (Å²) in [7, 11) is 0. The first-order valence-electron chi connectivity index (χ1n) is 4.02. The van der Waals surface area contributed by atoms with Gasteiger partial charge in [0.05, 0.1) is 0 Å². The minimum absolute atomic E-state index is 0.182. The van der Waals surface area contributed by atoms with Crippen LogP contribution < -0.4 is 0 Å². The van der Waals surface area contributed by atoms with E-state index in [2.05, 4.69) is 15.9 Å². The third-order valence-electron chi connectivity index (χ3n) is 1.62. The van der Waals surface area contributed by atoms with Crippen molar-refractivity contribution in [1.82, 2.24) is 0 Å². The molecule has 0 N–H and O–H groups in total. The molecule has 0 radical (unpaired) electrons. The van der Waals surface area contributed by atoms with E-state index in [4.69, 9.17) is 4.74 Å². The lowest BCUT2D eigenvalue weighted by molar-refractivity contribution is -0.145. The van der Waals surface area contributed by atoms with Crippen molar-refractivity contribution in [3.05, 3.63) is 35.9 Å². The molecule has 0 fully saturated rings. The topological polar surface area (TPSA) is 26.3 Å². The molecule has 3 heteroatoms. The third-order valence-corrected chi connectivity index (χ3v) is 2.21. The van der Waals surface area contributed by atoms with E-state index in [1.807, 2.05) is 30.3 Å². The average molecular weight is 243 g/mol. The molecule has 70 valence electrons. The van der Waals surface area contributed by atoms with Crippen molar-refractivity contribution in [2.75, 3.05) is 5.33 Å². The van der Waals surface area contributed by atoms with Gasteiger partial charge in [-0.05, 0) is 5.56 Å². The van der Waals surface area contributed by atoms with E-state index in [0.29, 0.717) is 5.33 Å². The maximum absolute atomic E-state index is 10.7. The summed E-state index contributed by atoms with van der Waals surface area (Å²) in [5, 5.41) is 0.622. The Morgan fingerprint density at radius 1 is 1.46 bits per heavy atom. The first kappa shape index (κ1) is 10.3. The Morgan fingerprint density at radius 3 is 2.54 bits per heavy atom. The van der Waals surface area contributed by atoms with E-state index in [-0.39, 0.29) is 12.1 Å². The van der Waals surface area contributed by atoms with Gasteiger partial charge in [-0.1, -0.05) is 46.3 Å². The quantitative estimate of drug-likeness (QED) is 0.602. The van der Waals surface area contributed by atoms with E-state index < -0.39 is 0 Å². The molecule has 0 aliphatic rings. The predicted molar refractivity (Wildman–Crippen MR) is 54.7 cm³/mol. The second kappa shape index (κ2) is 5.02. The van der Waals surface area contributed by atoms with E-state index in [9.17, 15) is 4.79 Å². The van der Waals surface area contributed by atoms with Crippen LogP contribution in [0, 0.1) is 0 Å². The summed E-state index contributed by atoms with van der Waals surface area (Å²) < 4.78 is 5.10. The zero-order valence-corrected chi connectivity index (χ0v) is 8.95. The molecule has 0 aliphatic heterocycles. The van der Waals surface area contributed by atoms with Gasteiger partial charge in [-0.25, -0.2) is 0 Å². The number of ether oxygens (including phenoxy) is 1. The van der Waals surface area contributed by atoms with Gasteiger partial charge in [0.2, 0.25) is 0 Å². The molecule has 0 bridgehead atoms. The van der Waals surface area contributed by atoms with Crippen LogP contribution in [0.3, 0.4) is 0 Å². The molecule has 0 amide bonds. The van der Waals surface area contributed by atoms with E-state index in [0.717, 1.165) is 5.56 Å². The van der Waals surface area contributed by atoms with Gasteiger partial charge in [0.1, 0.15) is 6.10 Å². The van der Waals surface area contributed by atoms with Crippen LogP contribution in [-0.2, 0) is 9.53 Å². The zero-order valence-electron chi connectivity index (χ0n) is 7.37. The highest BCUT2D eigenvalue weighted by Gasteiger charge is 2.11. The van der Waals surface area contributed by atoms with Crippen molar-refractivity contribution < 1.29 is 9.53 Å². The molecule has 1 aromatic carbocycles. The van der Waals surface area contributed by atoms with Crippen LogP contribution in [0.5, 0.6) is 0 Å². The summed E-state index contributed by atoms with van der Waals surface area (Å²) >= 11 is 3.30. The van der Waals surface area contributed by atoms with Gasteiger partial charge in [0, 0.05) is 12.3 Å².